The molecule has 0 aromatic heterocycles. The Kier molecular flexibility index (Phi) is 4.89. The van der Waals surface area contributed by atoms with Crippen LogP contribution in [0.2, 0.25) is 0 Å². The van der Waals surface area contributed by atoms with Gasteiger partial charge in [-0.3, -0.25) is 0 Å². The fourth-order valence-corrected chi connectivity index (χ4v) is 2.35. The molecule has 0 radical (unpaired) electrons. The van der Waals surface area contributed by atoms with Gasteiger partial charge in [0.1, 0.15) is 12.6 Å². The zero-order valence-electron chi connectivity index (χ0n) is 14.0. The van der Waals surface area contributed by atoms with E-state index in [-0.39, 0.29) is 30.0 Å². The van der Waals surface area contributed by atoms with Crippen molar-refractivity contribution >= 4 is 11.9 Å². The van der Waals surface area contributed by atoms with Gasteiger partial charge in [-0.15, -0.1) is 0 Å². The van der Waals surface area contributed by atoms with E-state index in [1.807, 2.05) is 44.2 Å². The highest BCUT2D eigenvalue weighted by Gasteiger charge is 2.44. The molecule has 1 aliphatic rings. The lowest BCUT2D eigenvalue weighted by Crippen LogP contribution is -2.40. The quantitative estimate of drug-likeness (QED) is 0.799. The minimum Gasteiger partial charge on any atom is -0.463 e. The Morgan fingerprint density at radius 1 is 1.27 bits per heavy atom. The molecule has 2 rings (SSSR count). The molecule has 1 aromatic rings. The normalized spacial score (nSPS) is 21.5. The molecule has 0 N–H and O–H groups in total. The highest BCUT2D eigenvalue weighted by atomic mass is 16.6. The summed E-state index contributed by atoms with van der Waals surface area (Å²) in [5, 5.41) is 0. The predicted molar refractivity (Wildman–Crippen MR) is 86.6 cm³/mol. The second-order valence-corrected chi connectivity index (χ2v) is 7.06. The summed E-state index contributed by atoms with van der Waals surface area (Å²) in [6.07, 6.45) is -0.652. The van der Waals surface area contributed by atoms with Crippen LogP contribution in [0.25, 0.3) is 0 Å². The Hall–Kier alpha value is -1.84. The van der Waals surface area contributed by atoms with Crippen molar-refractivity contribution in [2.24, 2.45) is 16.3 Å². The Morgan fingerprint density at radius 3 is 2.45 bits per heavy atom. The number of aliphatic imine (C=N–C) groups is 1. The molecule has 0 saturated heterocycles. The first-order valence-electron chi connectivity index (χ1n) is 7.74. The second kappa shape index (κ2) is 6.51. The van der Waals surface area contributed by atoms with E-state index in [2.05, 4.69) is 25.8 Å². The van der Waals surface area contributed by atoms with Crippen LogP contribution in [0.4, 0.5) is 0 Å². The smallest absolute Gasteiger partial charge is 0.350 e. The Bertz CT molecular complexity index is 543. The number of carbonyl (C=O) groups excluding carboxylic acids is 1. The van der Waals surface area contributed by atoms with E-state index in [1.165, 1.54) is 0 Å². The number of benzene rings is 1. The van der Waals surface area contributed by atoms with E-state index in [0.717, 1.165) is 5.56 Å². The molecule has 0 fully saturated rings. The first-order valence-corrected chi connectivity index (χ1v) is 7.74. The van der Waals surface area contributed by atoms with E-state index in [9.17, 15) is 4.79 Å². The fourth-order valence-electron chi connectivity index (χ4n) is 2.35. The van der Waals surface area contributed by atoms with Gasteiger partial charge in [0.05, 0.1) is 0 Å². The molecule has 1 heterocycles. The van der Waals surface area contributed by atoms with Crippen molar-refractivity contribution in [3.63, 3.8) is 0 Å². The van der Waals surface area contributed by atoms with E-state index in [4.69, 9.17) is 9.47 Å². The molecule has 0 saturated carbocycles. The van der Waals surface area contributed by atoms with Gasteiger partial charge in [0.25, 0.3) is 0 Å². The summed E-state index contributed by atoms with van der Waals surface area (Å²) in [7, 11) is 0. The highest BCUT2D eigenvalue weighted by molar-refractivity contribution is 5.87. The molecule has 22 heavy (non-hydrogen) atoms. The first kappa shape index (κ1) is 16.5. The van der Waals surface area contributed by atoms with Gasteiger partial charge in [-0.2, -0.15) is 0 Å². The SMILES string of the molecule is CC(C)C1=NC(C(C)(C)C)C(C(=O)OCc2ccccc2)O1. The van der Waals surface area contributed by atoms with Crippen molar-refractivity contribution in [2.75, 3.05) is 0 Å². The third kappa shape index (κ3) is 3.87. The number of hydrogen-bond donors (Lipinski definition) is 0. The first-order chi connectivity index (χ1) is 10.3. The molecule has 2 unspecified atom stereocenters. The van der Waals surface area contributed by atoms with Crippen LogP contribution in [0, 0.1) is 11.3 Å². The lowest BCUT2D eigenvalue weighted by molar-refractivity contribution is -0.155. The van der Waals surface area contributed by atoms with Crippen molar-refractivity contribution in [1.29, 1.82) is 0 Å². The second-order valence-electron chi connectivity index (χ2n) is 7.06. The molecular weight excluding hydrogens is 278 g/mol. The van der Waals surface area contributed by atoms with Crippen LogP contribution < -0.4 is 0 Å². The monoisotopic (exact) mass is 303 g/mol. The third-order valence-electron chi connectivity index (χ3n) is 3.64. The minimum absolute atomic E-state index is 0.160. The summed E-state index contributed by atoms with van der Waals surface area (Å²) < 4.78 is 11.2. The summed E-state index contributed by atoms with van der Waals surface area (Å²) in [4.78, 5) is 17.0. The molecular formula is C18H25NO3. The maximum absolute atomic E-state index is 12.4. The summed E-state index contributed by atoms with van der Waals surface area (Å²) in [5.74, 6) is 0.460. The average molecular weight is 303 g/mol. The van der Waals surface area contributed by atoms with Gasteiger partial charge in [0.15, 0.2) is 5.90 Å². The number of carbonyl (C=O) groups is 1. The maximum atomic E-state index is 12.4. The lowest BCUT2D eigenvalue weighted by atomic mass is 9.84. The number of rotatable bonds is 4. The van der Waals surface area contributed by atoms with Crippen LogP contribution in [-0.2, 0) is 20.9 Å². The summed E-state index contributed by atoms with van der Waals surface area (Å²) in [6, 6.07) is 9.43. The predicted octanol–water partition coefficient (Wildman–Crippen LogP) is 3.60. The van der Waals surface area contributed by atoms with Crippen molar-refractivity contribution in [1.82, 2.24) is 0 Å². The molecule has 0 aliphatic carbocycles. The number of nitrogens with zero attached hydrogens (tertiary/aromatic N) is 1. The van der Waals surface area contributed by atoms with E-state index >= 15 is 0 Å². The van der Waals surface area contributed by atoms with Gasteiger partial charge in [-0.25, -0.2) is 9.79 Å². The lowest BCUT2D eigenvalue weighted by Gasteiger charge is -2.27. The van der Waals surface area contributed by atoms with Gasteiger partial charge < -0.3 is 9.47 Å². The van der Waals surface area contributed by atoms with E-state index < -0.39 is 6.10 Å². The molecule has 4 nitrogen and oxygen atoms in total. The molecule has 120 valence electrons. The molecule has 0 spiro atoms. The van der Waals surface area contributed by atoms with Crippen LogP contribution in [0.1, 0.15) is 40.2 Å². The van der Waals surface area contributed by atoms with Gasteiger partial charge in [-0.1, -0.05) is 65.0 Å². The average Bonchev–Trinajstić information content (AvgIpc) is 2.91. The van der Waals surface area contributed by atoms with Crippen LogP contribution in [-0.4, -0.2) is 24.0 Å². The third-order valence-corrected chi connectivity index (χ3v) is 3.64. The Morgan fingerprint density at radius 2 is 1.91 bits per heavy atom. The van der Waals surface area contributed by atoms with Crippen molar-refractivity contribution in [3.05, 3.63) is 35.9 Å². The molecule has 1 aromatic carbocycles. The number of ether oxygens (including phenoxy) is 2. The highest BCUT2D eigenvalue weighted by Crippen LogP contribution is 2.32. The Labute approximate surface area is 132 Å². The van der Waals surface area contributed by atoms with Crippen molar-refractivity contribution in [3.8, 4) is 0 Å². The van der Waals surface area contributed by atoms with Crippen LogP contribution in [0.5, 0.6) is 0 Å². The molecule has 4 heteroatoms. The Balaban J connectivity index is 2.05. The number of hydrogen-bond acceptors (Lipinski definition) is 4. The van der Waals surface area contributed by atoms with Crippen LogP contribution >= 0.6 is 0 Å². The molecule has 0 bridgehead atoms. The minimum atomic E-state index is -0.652. The molecule has 1 aliphatic heterocycles. The van der Waals surface area contributed by atoms with E-state index in [0.29, 0.717) is 5.90 Å². The molecule has 2 atom stereocenters. The zero-order valence-corrected chi connectivity index (χ0v) is 14.0. The van der Waals surface area contributed by atoms with E-state index in [1.54, 1.807) is 0 Å². The number of esters is 1. The largest absolute Gasteiger partial charge is 0.463 e. The zero-order chi connectivity index (χ0) is 16.3. The van der Waals surface area contributed by atoms with Gasteiger partial charge in [-0.05, 0) is 11.0 Å². The summed E-state index contributed by atoms with van der Waals surface area (Å²) in [5.41, 5.74) is 0.804. The maximum Gasteiger partial charge on any atom is 0.350 e. The van der Waals surface area contributed by atoms with Crippen LogP contribution in [0.3, 0.4) is 0 Å². The van der Waals surface area contributed by atoms with Gasteiger partial charge in [0, 0.05) is 5.92 Å². The van der Waals surface area contributed by atoms with Gasteiger partial charge in [0.2, 0.25) is 6.10 Å². The van der Waals surface area contributed by atoms with Crippen molar-refractivity contribution < 1.29 is 14.3 Å². The topological polar surface area (TPSA) is 47.9 Å². The fraction of sp³-hybridized carbons (Fsp3) is 0.556. The van der Waals surface area contributed by atoms with Crippen molar-refractivity contribution in [2.45, 2.75) is 53.4 Å². The summed E-state index contributed by atoms with van der Waals surface area (Å²) >= 11 is 0. The van der Waals surface area contributed by atoms with Crippen LogP contribution in [0.15, 0.2) is 35.3 Å². The molecule has 0 amide bonds. The standard InChI is InChI=1S/C18H25NO3/c1-12(2)16-19-15(18(3,4)5)14(22-16)17(20)21-11-13-9-7-6-8-10-13/h6-10,12,14-15H,11H2,1-5H3. The van der Waals surface area contributed by atoms with Gasteiger partial charge >= 0.3 is 5.97 Å². The summed E-state index contributed by atoms with van der Waals surface area (Å²) in [6.45, 7) is 10.5.